The number of nitrogens with zero attached hydrogens (tertiary/aromatic N) is 2. The lowest BCUT2D eigenvalue weighted by molar-refractivity contribution is -0.136. The van der Waals surface area contributed by atoms with E-state index in [2.05, 4.69) is 18.8 Å². The van der Waals surface area contributed by atoms with Crippen LogP contribution in [0.3, 0.4) is 0 Å². The smallest absolute Gasteiger partial charge is 0.309 e. The summed E-state index contributed by atoms with van der Waals surface area (Å²) in [6, 6.07) is 7.91. The van der Waals surface area contributed by atoms with Crippen molar-refractivity contribution < 1.29 is 14.6 Å². The number of aliphatic carboxylic acids is 1. The molecule has 0 aliphatic carbocycles. The number of aryl methyl sites for hydroxylation is 1. The zero-order valence-corrected chi connectivity index (χ0v) is 16.3. The average Bonchev–Trinajstić information content (AvgIpc) is 2.90. The van der Waals surface area contributed by atoms with Crippen molar-refractivity contribution in [2.24, 2.45) is 0 Å². The highest BCUT2D eigenvalue weighted by Gasteiger charge is 2.18. The summed E-state index contributed by atoms with van der Waals surface area (Å²) in [7, 11) is 0. The minimum atomic E-state index is -0.908. The third kappa shape index (κ3) is 5.77. The first-order valence-corrected chi connectivity index (χ1v) is 9.60. The lowest BCUT2D eigenvalue weighted by atomic mass is 10.2. The van der Waals surface area contributed by atoms with Crippen molar-refractivity contribution in [3.05, 3.63) is 46.5 Å². The van der Waals surface area contributed by atoms with Gasteiger partial charge >= 0.3 is 5.97 Å². The van der Waals surface area contributed by atoms with Gasteiger partial charge in [0.25, 0.3) is 0 Å². The maximum Gasteiger partial charge on any atom is 0.309 e. The van der Waals surface area contributed by atoms with E-state index < -0.39 is 5.97 Å². The fourth-order valence-electron chi connectivity index (χ4n) is 2.74. The number of hydrogen-bond donors (Lipinski definition) is 1. The van der Waals surface area contributed by atoms with Gasteiger partial charge < -0.3 is 14.4 Å². The molecule has 142 valence electrons. The maximum absolute atomic E-state index is 11.2. The second-order valence-electron chi connectivity index (χ2n) is 6.37. The molecule has 1 aromatic heterocycles. The van der Waals surface area contributed by atoms with Crippen LogP contribution in [0.15, 0.2) is 24.3 Å². The Morgan fingerprint density at radius 1 is 1.19 bits per heavy atom. The van der Waals surface area contributed by atoms with Gasteiger partial charge in [0.2, 0.25) is 0 Å². The van der Waals surface area contributed by atoms with Crippen LogP contribution in [0, 0.1) is 0 Å². The van der Waals surface area contributed by atoms with Gasteiger partial charge in [0, 0.05) is 13.0 Å². The van der Waals surface area contributed by atoms with Gasteiger partial charge in [-0.25, -0.2) is 4.98 Å². The van der Waals surface area contributed by atoms with E-state index in [4.69, 9.17) is 16.3 Å². The van der Waals surface area contributed by atoms with Gasteiger partial charge in [-0.2, -0.15) is 0 Å². The molecular formula is C20H27ClN2O3. The first-order chi connectivity index (χ1) is 12.5. The molecule has 0 saturated carbocycles. The number of imidazole rings is 1. The minimum Gasteiger partial charge on any atom is -0.494 e. The Hall–Kier alpha value is -2.01. The lowest BCUT2D eigenvalue weighted by Gasteiger charge is -2.12. The summed E-state index contributed by atoms with van der Waals surface area (Å²) in [6.07, 6.45) is 4.83. The molecule has 6 heteroatoms. The number of halogens is 1. The third-order valence-electron chi connectivity index (χ3n) is 4.21. The molecule has 0 amide bonds. The first-order valence-electron chi connectivity index (χ1n) is 9.22. The number of ether oxygens (including phenoxy) is 1. The van der Waals surface area contributed by atoms with Crippen LogP contribution in [0.25, 0.3) is 0 Å². The fourth-order valence-corrected chi connectivity index (χ4v) is 3.00. The quantitative estimate of drug-likeness (QED) is 0.574. The number of carbonyl (C=O) groups is 1. The molecule has 1 heterocycles. The number of carboxylic acids is 1. The number of aromatic nitrogens is 2. The highest BCUT2D eigenvalue weighted by atomic mass is 35.5. The Kier molecular flexibility index (Phi) is 7.98. The van der Waals surface area contributed by atoms with E-state index in [1.54, 1.807) is 0 Å². The van der Waals surface area contributed by atoms with Gasteiger partial charge in [0.1, 0.15) is 11.6 Å². The molecule has 1 aromatic carbocycles. The summed E-state index contributed by atoms with van der Waals surface area (Å²) in [5, 5.41) is 9.48. The summed E-state index contributed by atoms with van der Waals surface area (Å²) < 4.78 is 7.63. The number of benzene rings is 1. The van der Waals surface area contributed by atoms with Gasteiger partial charge in [-0.05, 0) is 30.5 Å². The van der Waals surface area contributed by atoms with Gasteiger partial charge in [0.05, 0.1) is 18.7 Å². The molecule has 0 spiro atoms. The zero-order chi connectivity index (χ0) is 18.9. The molecule has 2 aromatic rings. The van der Waals surface area contributed by atoms with Gasteiger partial charge in [-0.3, -0.25) is 4.79 Å². The molecule has 26 heavy (non-hydrogen) atoms. The molecule has 0 bridgehead atoms. The van der Waals surface area contributed by atoms with Gasteiger partial charge in [-0.1, -0.05) is 50.4 Å². The Morgan fingerprint density at radius 3 is 2.50 bits per heavy atom. The predicted molar refractivity (Wildman–Crippen MR) is 103 cm³/mol. The van der Waals surface area contributed by atoms with Crippen LogP contribution < -0.4 is 4.74 Å². The lowest BCUT2D eigenvalue weighted by Crippen LogP contribution is -2.12. The first kappa shape index (κ1) is 20.3. The van der Waals surface area contributed by atoms with Crippen LogP contribution in [-0.4, -0.2) is 27.2 Å². The summed E-state index contributed by atoms with van der Waals surface area (Å²) >= 11 is 6.22. The molecule has 0 unspecified atom stereocenters. The highest BCUT2D eigenvalue weighted by Crippen LogP contribution is 2.22. The summed E-state index contributed by atoms with van der Waals surface area (Å²) in [6.45, 7) is 5.52. The minimum absolute atomic E-state index is 0.129. The van der Waals surface area contributed by atoms with Crippen molar-refractivity contribution in [3.8, 4) is 5.75 Å². The van der Waals surface area contributed by atoms with E-state index in [-0.39, 0.29) is 11.6 Å². The Bertz CT molecular complexity index is 711. The standard InChI is InChI=1S/C20H27ClN2O3/c1-3-5-7-18-22-20(21)17(13-19(24)25)23(18)14-15-8-10-16(11-9-15)26-12-6-4-2/h8-11H,3-7,12-14H2,1-2H3,(H,24,25). The normalized spacial score (nSPS) is 10.9. The molecule has 0 saturated heterocycles. The van der Waals surface area contributed by atoms with Crippen LogP contribution in [0.2, 0.25) is 5.15 Å². The number of carboxylic acid groups (broad SMARTS) is 1. The number of unbranched alkanes of at least 4 members (excludes halogenated alkanes) is 2. The summed E-state index contributed by atoms with van der Waals surface area (Å²) in [5.74, 6) is 0.786. The van der Waals surface area contributed by atoms with Crippen molar-refractivity contribution >= 4 is 17.6 Å². The largest absolute Gasteiger partial charge is 0.494 e. The zero-order valence-electron chi connectivity index (χ0n) is 15.5. The van der Waals surface area contributed by atoms with Crippen LogP contribution in [0.4, 0.5) is 0 Å². The fraction of sp³-hybridized carbons (Fsp3) is 0.500. The Balaban J connectivity index is 2.19. The average molecular weight is 379 g/mol. The topological polar surface area (TPSA) is 64.4 Å². The van der Waals surface area contributed by atoms with Crippen LogP contribution in [-0.2, 0) is 24.2 Å². The Morgan fingerprint density at radius 2 is 1.88 bits per heavy atom. The van der Waals surface area contributed by atoms with Crippen molar-refractivity contribution in [1.82, 2.24) is 9.55 Å². The Labute approximate surface area is 160 Å². The van der Waals surface area contributed by atoms with E-state index in [1.807, 2.05) is 28.8 Å². The van der Waals surface area contributed by atoms with E-state index in [0.717, 1.165) is 55.8 Å². The molecular weight excluding hydrogens is 352 g/mol. The molecule has 0 aliphatic rings. The van der Waals surface area contributed by atoms with Crippen LogP contribution in [0.1, 0.15) is 56.6 Å². The summed E-state index contributed by atoms with van der Waals surface area (Å²) in [5.41, 5.74) is 1.62. The molecule has 0 radical (unpaired) electrons. The predicted octanol–water partition coefficient (Wildman–Crippen LogP) is 4.73. The second-order valence-corrected chi connectivity index (χ2v) is 6.73. The molecule has 1 N–H and O–H groups in total. The van der Waals surface area contributed by atoms with Crippen molar-refractivity contribution in [2.75, 3.05) is 6.61 Å². The van der Waals surface area contributed by atoms with Crippen molar-refractivity contribution in [3.63, 3.8) is 0 Å². The van der Waals surface area contributed by atoms with Gasteiger partial charge in [0.15, 0.2) is 5.15 Å². The van der Waals surface area contributed by atoms with Gasteiger partial charge in [-0.15, -0.1) is 0 Å². The number of rotatable bonds is 11. The molecule has 5 nitrogen and oxygen atoms in total. The van der Waals surface area contributed by atoms with E-state index >= 15 is 0 Å². The molecule has 0 atom stereocenters. The maximum atomic E-state index is 11.2. The van der Waals surface area contributed by atoms with Crippen molar-refractivity contribution in [1.29, 1.82) is 0 Å². The van der Waals surface area contributed by atoms with E-state index in [1.165, 1.54) is 0 Å². The van der Waals surface area contributed by atoms with Crippen LogP contribution >= 0.6 is 11.6 Å². The monoisotopic (exact) mass is 378 g/mol. The summed E-state index contributed by atoms with van der Waals surface area (Å²) in [4.78, 5) is 15.6. The van der Waals surface area contributed by atoms with Crippen molar-refractivity contribution in [2.45, 2.75) is 58.9 Å². The third-order valence-corrected chi connectivity index (χ3v) is 4.51. The van der Waals surface area contributed by atoms with E-state index in [9.17, 15) is 9.90 Å². The molecule has 0 aliphatic heterocycles. The second kappa shape index (κ2) is 10.2. The highest BCUT2D eigenvalue weighted by molar-refractivity contribution is 6.30. The number of hydrogen-bond acceptors (Lipinski definition) is 3. The molecule has 2 rings (SSSR count). The molecule has 0 fully saturated rings. The van der Waals surface area contributed by atoms with E-state index in [0.29, 0.717) is 12.2 Å². The SMILES string of the molecule is CCCCOc1ccc(Cn2c(CCCC)nc(Cl)c2CC(=O)O)cc1. The van der Waals surface area contributed by atoms with Crippen LogP contribution in [0.5, 0.6) is 5.75 Å².